The quantitative estimate of drug-likeness (QED) is 0.728. The van der Waals surface area contributed by atoms with Gasteiger partial charge in [-0.15, -0.1) is 0 Å². The minimum absolute atomic E-state index is 0.0905. The summed E-state index contributed by atoms with van der Waals surface area (Å²) in [7, 11) is 0. The standard InChI is InChI=1S/C19H20F3NO3/c1-2-26-18(25)15(17(24)19(20,21)22)16(13-9-5-3-6-10-13)23-14-11-7-4-8-12-14/h3-12,15-17,23-24H,2H2,1H3/t15-,16-,17-/m1/s1. The molecule has 0 aliphatic carbocycles. The number of rotatable bonds is 7. The molecular formula is C19H20F3NO3. The van der Waals surface area contributed by atoms with Gasteiger partial charge in [0.05, 0.1) is 12.6 Å². The second-order valence-corrected chi connectivity index (χ2v) is 5.66. The van der Waals surface area contributed by atoms with Crippen molar-refractivity contribution in [2.45, 2.75) is 25.2 Å². The summed E-state index contributed by atoms with van der Waals surface area (Å²) in [5, 5.41) is 12.8. The number of benzene rings is 2. The zero-order valence-electron chi connectivity index (χ0n) is 14.1. The molecule has 3 atom stereocenters. The molecule has 140 valence electrons. The summed E-state index contributed by atoms with van der Waals surface area (Å²) in [6.45, 7) is 1.41. The van der Waals surface area contributed by atoms with Gasteiger partial charge in [0.2, 0.25) is 0 Å². The molecule has 0 unspecified atom stereocenters. The highest BCUT2D eigenvalue weighted by Gasteiger charge is 2.50. The molecule has 2 rings (SSSR count). The van der Waals surface area contributed by atoms with Gasteiger partial charge in [-0.3, -0.25) is 4.79 Å². The predicted octanol–water partition coefficient (Wildman–Crippen LogP) is 3.94. The third-order valence-electron chi connectivity index (χ3n) is 3.85. The number of para-hydroxylation sites is 1. The van der Waals surface area contributed by atoms with E-state index >= 15 is 0 Å². The summed E-state index contributed by atoms with van der Waals surface area (Å²) in [5.74, 6) is -2.98. The molecule has 2 aromatic rings. The molecule has 0 spiro atoms. The summed E-state index contributed by atoms with van der Waals surface area (Å²) in [4.78, 5) is 12.3. The average Bonchev–Trinajstić information content (AvgIpc) is 2.62. The van der Waals surface area contributed by atoms with Gasteiger partial charge in [-0.1, -0.05) is 48.5 Å². The van der Waals surface area contributed by atoms with Crippen LogP contribution in [0.1, 0.15) is 18.5 Å². The summed E-state index contributed by atoms with van der Waals surface area (Å²) < 4.78 is 44.5. The number of carbonyl (C=O) groups is 1. The van der Waals surface area contributed by atoms with Gasteiger partial charge in [0, 0.05) is 5.69 Å². The topological polar surface area (TPSA) is 58.6 Å². The molecule has 0 aliphatic rings. The number of ether oxygens (including phenoxy) is 1. The fourth-order valence-corrected chi connectivity index (χ4v) is 2.64. The fourth-order valence-electron chi connectivity index (χ4n) is 2.64. The fraction of sp³-hybridized carbons (Fsp3) is 0.316. The van der Waals surface area contributed by atoms with E-state index in [-0.39, 0.29) is 6.61 Å². The van der Waals surface area contributed by atoms with Crippen molar-refractivity contribution < 1.29 is 27.8 Å². The highest BCUT2D eigenvalue weighted by Crippen LogP contribution is 2.36. The first kappa shape index (κ1) is 19.8. The smallest absolute Gasteiger partial charge is 0.415 e. The Morgan fingerprint density at radius 1 is 1.08 bits per heavy atom. The van der Waals surface area contributed by atoms with E-state index in [2.05, 4.69) is 5.32 Å². The first-order valence-corrected chi connectivity index (χ1v) is 8.12. The van der Waals surface area contributed by atoms with Crippen molar-refractivity contribution in [3.63, 3.8) is 0 Å². The highest BCUT2D eigenvalue weighted by atomic mass is 19.4. The number of esters is 1. The molecule has 0 saturated carbocycles. The molecule has 2 aromatic carbocycles. The van der Waals surface area contributed by atoms with E-state index < -0.39 is 30.2 Å². The lowest BCUT2D eigenvalue weighted by Gasteiger charge is -2.32. The van der Waals surface area contributed by atoms with Crippen LogP contribution in [0.3, 0.4) is 0 Å². The molecule has 0 aliphatic heterocycles. The number of carbonyl (C=O) groups excluding carboxylic acids is 1. The van der Waals surface area contributed by atoms with E-state index in [1.54, 1.807) is 60.7 Å². The second-order valence-electron chi connectivity index (χ2n) is 5.66. The zero-order chi connectivity index (χ0) is 19.2. The van der Waals surface area contributed by atoms with Crippen molar-refractivity contribution in [3.05, 3.63) is 66.2 Å². The van der Waals surface area contributed by atoms with Gasteiger partial charge in [0.1, 0.15) is 5.92 Å². The second kappa shape index (κ2) is 8.71. The minimum Gasteiger partial charge on any atom is -0.466 e. The first-order chi connectivity index (χ1) is 12.3. The van der Waals surface area contributed by atoms with Gasteiger partial charge < -0.3 is 15.2 Å². The maximum atomic E-state index is 13.2. The van der Waals surface area contributed by atoms with E-state index in [4.69, 9.17) is 4.74 Å². The molecule has 0 bridgehead atoms. The summed E-state index contributed by atoms with van der Waals surface area (Å²) in [6.07, 6.45) is -7.84. The molecule has 0 heterocycles. The Labute approximate surface area is 149 Å². The monoisotopic (exact) mass is 367 g/mol. The van der Waals surface area contributed by atoms with Crippen LogP contribution in [0.25, 0.3) is 0 Å². The van der Waals surface area contributed by atoms with Gasteiger partial charge in [0.15, 0.2) is 6.10 Å². The lowest BCUT2D eigenvalue weighted by Crippen LogP contribution is -2.45. The SMILES string of the molecule is CCOC(=O)[C@H]([C@H](Nc1ccccc1)c1ccccc1)[C@@H](O)C(F)(F)F. The van der Waals surface area contributed by atoms with Gasteiger partial charge in [0.25, 0.3) is 0 Å². The van der Waals surface area contributed by atoms with Crippen LogP contribution in [-0.2, 0) is 9.53 Å². The van der Waals surface area contributed by atoms with E-state index in [0.717, 1.165) is 0 Å². The van der Waals surface area contributed by atoms with Crippen LogP contribution in [0.4, 0.5) is 18.9 Å². The van der Waals surface area contributed by atoms with E-state index in [1.807, 2.05) is 0 Å². The van der Waals surface area contributed by atoms with Crippen LogP contribution in [0, 0.1) is 5.92 Å². The van der Waals surface area contributed by atoms with Crippen molar-refractivity contribution in [1.82, 2.24) is 0 Å². The van der Waals surface area contributed by atoms with Gasteiger partial charge in [-0.05, 0) is 24.6 Å². The number of hydrogen-bond donors (Lipinski definition) is 2. The lowest BCUT2D eigenvalue weighted by atomic mass is 9.87. The number of anilines is 1. The molecule has 26 heavy (non-hydrogen) atoms. The number of halogens is 3. The molecule has 4 nitrogen and oxygen atoms in total. The van der Waals surface area contributed by atoms with E-state index in [1.165, 1.54) is 6.92 Å². The first-order valence-electron chi connectivity index (χ1n) is 8.12. The summed E-state index contributed by atoms with van der Waals surface area (Å²) in [5.41, 5.74) is 0.947. The third kappa shape index (κ3) is 4.98. The van der Waals surface area contributed by atoms with Gasteiger partial charge in [-0.2, -0.15) is 13.2 Å². The van der Waals surface area contributed by atoms with Crippen LogP contribution in [0.15, 0.2) is 60.7 Å². The maximum Gasteiger partial charge on any atom is 0.415 e. The van der Waals surface area contributed by atoms with E-state index in [9.17, 15) is 23.1 Å². The zero-order valence-corrected chi connectivity index (χ0v) is 14.1. The minimum atomic E-state index is -4.97. The van der Waals surface area contributed by atoms with Gasteiger partial charge in [-0.25, -0.2) is 0 Å². The van der Waals surface area contributed by atoms with Crippen molar-refractivity contribution in [2.75, 3.05) is 11.9 Å². The predicted molar refractivity (Wildman–Crippen MR) is 91.4 cm³/mol. The Morgan fingerprint density at radius 3 is 2.12 bits per heavy atom. The van der Waals surface area contributed by atoms with Crippen LogP contribution in [0.5, 0.6) is 0 Å². The number of alkyl halides is 3. The molecule has 7 heteroatoms. The third-order valence-corrected chi connectivity index (χ3v) is 3.85. The molecule has 2 N–H and O–H groups in total. The van der Waals surface area contributed by atoms with E-state index in [0.29, 0.717) is 11.3 Å². The molecule has 0 aromatic heterocycles. The summed E-state index contributed by atoms with van der Waals surface area (Å²) >= 11 is 0. The normalized spacial score (nSPS) is 15.0. The Bertz CT molecular complexity index is 692. The number of aliphatic hydroxyl groups is 1. The van der Waals surface area contributed by atoms with Crippen molar-refractivity contribution >= 4 is 11.7 Å². The Morgan fingerprint density at radius 2 is 1.62 bits per heavy atom. The largest absolute Gasteiger partial charge is 0.466 e. The van der Waals surface area contributed by atoms with Gasteiger partial charge >= 0.3 is 12.1 Å². The Hall–Kier alpha value is -2.54. The van der Waals surface area contributed by atoms with Crippen molar-refractivity contribution in [3.8, 4) is 0 Å². The average molecular weight is 367 g/mol. The Balaban J connectivity index is 2.48. The molecule has 0 saturated heterocycles. The number of aliphatic hydroxyl groups excluding tert-OH is 1. The number of hydrogen-bond acceptors (Lipinski definition) is 4. The molecule has 0 fully saturated rings. The van der Waals surface area contributed by atoms with Crippen LogP contribution in [-0.4, -0.2) is 30.0 Å². The van der Waals surface area contributed by atoms with Crippen LogP contribution in [0.2, 0.25) is 0 Å². The Kier molecular flexibility index (Phi) is 6.63. The van der Waals surface area contributed by atoms with Crippen LogP contribution >= 0.6 is 0 Å². The van der Waals surface area contributed by atoms with Crippen molar-refractivity contribution in [2.24, 2.45) is 5.92 Å². The molecular weight excluding hydrogens is 347 g/mol. The lowest BCUT2D eigenvalue weighted by molar-refractivity contribution is -0.225. The molecule has 0 radical (unpaired) electrons. The van der Waals surface area contributed by atoms with Crippen LogP contribution < -0.4 is 5.32 Å². The number of nitrogens with one attached hydrogen (secondary N) is 1. The van der Waals surface area contributed by atoms with Crippen molar-refractivity contribution in [1.29, 1.82) is 0 Å². The molecule has 0 amide bonds. The highest BCUT2D eigenvalue weighted by molar-refractivity contribution is 5.75. The maximum absolute atomic E-state index is 13.2. The summed E-state index contributed by atoms with van der Waals surface area (Å²) in [6, 6.07) is 15.6.